The Bertz CT molecular complexity index is 496. The van der Waals surface area contributed by atoms with Gasteiger partial charge in [0.25, 0.3) is 0 Å². The monoisotopic (exact) mass is 336 g/mol. The lowest BCUT2D eigenvalue weighted by atomic mass is 9.85. The van der Waals surface area contributed by atoms with E-state index in [1.54, 1.807) is 0 Å². The summed E-state index contributed by atoms with van der Waals surface area (Å²) in [5.74, 6) is 0.873. The molecule has 0 amide bonds. The number of rotatable bonds is 3. The van der Waals surface area contributed by atoms with Crippen LogP contribution in [0.5, 0.6) is 0 Å². The Morgan fingerprint density at radius 3 is 2.70 bits per heavy atom. The van der Waals surface area contributed by atoms with Crippen molar-refractivity contribution < 1.29 is 0 Å². The number of nitrogens with one attached hydrogen (secondary N) is 1. The summed E-state index contributed by atoms with van der Waals surface area (Å²) in [6.07, 6.45) is 2.79. The molecule has 0 aromatic heterocycles. The van der Waals surface area contributed by atoms with E-state index in [4.69, 9.17) is 0 Å². The normalized spacial score (nSPS) is 30.4. The first kappa shape index (κ1) is 14.6. The van der Waals surface area contributed by atoms with Crippen molar-refractivity contribution in [3.8, 4) is 0 Å². The van der Waals surface area contributed by atoms with Crippen LogP contribution in [0, 0.1) is 5.92 Å². The van der Waals surface area contributed by atoms with Crippen LogP contribution >= 0.6 is 15.9 Å². The van der Waals surface area contributed by atoms with Crippen molar-refractivity contribution in [3.63, 3.8) is 0 Å². The van der Waals surface area contributed by atoms with Gasteiger partial charge in [-0.25, -0.2) is 0 Å². The van der Waals surface area contributed by atoms with Crippen molar-refractivity contribution in [3.05, 3.63) is 34.3 Å². The molecule has 0 spiro atoms. The average Bonchev–Trinajstić information content (AvgIpc) is 3.18. The van der Waals surface area contributed by atoms with Gasteiger partial charge in [-0.15, -0.1) is 0 Å². The molecule has 0 radical (unpaired) electrons. The van der Waals surface area contributed by atoms with E-state index in [1.807, 2.05) is 0 Å². The van der Waals surface area contributed by atoms with Crippen LogP contribution in [-0.4, -0.2) is 29.1 Å². The molecule has 1 N–H and O–H groups in total. The van der Waals surface area contributed by atoms with Gasteiger partial charge in [-0.05, 0) is 57.2 Å². The Balaban J connectivity index is 1.82. The fraction of sp³-hybridized carbons (Fsp3) is 0.647. The maximum atomic E-state index is 3.75. The zero-order chi connectivity index (χ0) is 14.4. The van der Waals surface area contributed by atoms with E-state index in [0.717, 1.165) is 25.6 Å². The van der Waals surface area contributed by atoms with Crippen LogP contribution in [0.2, 0.25) is 0 Å². The van der Waals surface area contributed by atoms with Crippen molar-refractivity contribution >= 4 is 15.9 Å². The molecule has 1 heterocycles. The Kier molecular flexibility index (Phi) is 3.72. The Morgan fingerprint density at radius 2 is 2.05 bits per heavy atom. The zero-order valence-electron chi connectivity index (χ0n) is 12.7. The van der Waals surface area contributed by atoms with Crippen molar-refractivity contribution in [1.82, 2.24) is 10.2 Å². The molecule has 1 aliphatic heterocycles. The second-order valence-electron chi connectivity index (χ2n) is 7.35. The fourth-order valence-electron chi connectivity index (χ4n) is 3.44. The van der Waals surface area contributed by atoms with Gasteiger partial charge in [-0.3, -0.25) is 4.90 Å². The fourth-order valence-corrected chi connectivity index (χ4v) is 3.89. The van der Waals surface area contributed by atoms with Crippen LogP contribution in [0.15, 0.2) is 28.7 Å². The number of benzene rings is 1. The molecule has 2 aliphatic rings. The van der Waals surface area contributed by atoms with Crippen LogP contribution < -0.4 is 5.32 Å². The summed E-state index contributed by atoms with van der Waals surface area (Å²) in [5, 5.41) is 3.75. The van der Waals surface area contributed by atoms with Crippen LogP contribution in [0.4, 0.5) is 0 Å². The van der Waals surface area contributed by atoms with Gasteiger partial charge in [-0.1, -0.05) is 28.1 Å². The van der Waals surface area contributed by atoms with E-state index in [2.05, 4.69) is 71.2 Å². The highest BCUT2D eigenvalue weighted by Gasteiger charge is 2.49. The number of piperazine rings is 1. The standard InChI is InChI=1S/C17H25BrN2/c1-16(2)12-20(10-13-5-4-6-15(18)9-13)17(3,11-19-16)14-7-8-14/h4-6,9,14,19H,7-8,10-12H2,1-3H3. The van der Waals surface area contributed by atoms with Crippen molar-refractivity contribution in [2.45, 2.75) is 51.2 Å². The van der Waals surface area contributed by atoms with Gasteiger partial charge in [0, 0.05) is 35.2 Å². The highest BCUT2D eigenvalue weighted by atomic mass is 79.9. The number of halogens is 1. The third-order valence-corrected chi connectivity index (χ3v) is 5.45. The summed E-state index contributed by atoms with van der Waals surface area (Å²) in [5.41, 5.74) is 1.93. The minimum atomic E-state index is 0.209. The first-order valence-corrected chi connectivity index (χ1v) is 8.43. The summed E-state index contributed by atoms with van der Waals surface area (Å²) in [6, 6.07) is 8.74. The van der Waals surface area contributed by atoms with Gasteiger partial charge in [0.15, 0.2) is 0 Å². The van der Waals surface area contributed by atoms with Crippen molar-refractivity contribution in [1.29, 1.82) is 0 Å². The first-order chi connectivity index (χ1) is 9.39. The molecule has 1 aliphatic carbocycles. The summed E-state index contributed by atoms with van der Waals surface area (Å²) < 4.78 is 1.18. The summed E-state index contributed by atoms with van der Waals surface area (Å²) in [6.45, 7) is 10.4. The highest BCUT2D eigenvalue weighted by molar-refractivity contribution is 9.10. The minimum Gasteiger partial charge on any atom is -0.309 e. The van der Waals surface area contributed by atoms with Gasteiger partial charge < -0.3 is 5.32 Å². The van der Waals surface area contributed by atoms with E-state index in [-0.39, 0.29) is 5.54 Å². The molecule has 1 aromatic carbocycles. The maximum absolute atomic E-state index is 3.75. The van der Waals surface area contributed by atoms with E-state index in [9.17, 15) is 0 Å². The predicted molar refractivity (Wildman–Crippen MR) is 87.8 cm³/mol. The second kappa shape index (κ2) is 5.11. The molecule has 0 bridgehead atoms. The second-order valence-corrected chi connectivity index (χ2v) is 8.27. The molecule has 1 aromatic rings. The summed E-state index contributed by atoms with van der Waals surface area (Å²) in [7, 11) is 0. The molecule has 3 rings (SSSR count). The Hall–Kier alpha value is -0.380. The van der Waals surface area contributed by atoms with Crippen LogP contribution in [0.25, 0.3) is 0 Å². The van der Waals surface area contributed by atoms with Crippen LogP contribution in [0.1, 0.15) is 39.2 Å². The number of nitrogens with zero attached hydrogens (tertiary/aromatic N) is 1. The average molecular weight is 337 g/mol. The summed E-state index contributed by atoms with van der Waals surface area (Å²) >= 11 is 3.59. The molecule has 3 heteroatoms. The molecule has 2 nitrogen and oxygen atoms in total. The molecule has 1 atom stereocenters. The molecule has 1 unspecified atom stereocenters. The van der Waals surface area contributed by atoms with Crippen molar-refractivity contribution in [2.24, 2.45) is 5.92 Å². The topological polar surface area (TPSA) is 15.3 Å². The lowest BCUT2D eigenvalue weighted by Gasteiger charge is -2.52. The van der Waals surface area contributed by atoms with Gasteiger partial charge >= 0.3 is 0 Å². The Morgan fingerprint density at radius 1 is 1.30 bits per heavy atom. The van der Waals surface area contributed by atoms with E-state index >= 15 is 0 Å². The van der Waals surface area contributed by atoms with Gasteiger partial charge in [-0.2, -0.15) is 0 Å². The Labute approximate surface area is 131 Å². The third kappa shape index (κ3) is 2.95. The molecule has 2 fully saturated rings. The molecule has 1 saturated heterocycles. The minimum absolute atomic E-state index is 0.209. The lowest BCUT2D eigenvalue weighted by Crippen LogP contribution is -2.67. The van der Waals surface area contributed by atoms with Gasteiger partial charge in [0.1, 0.15) is 0 Å². The third-order valence-electron chi connectivity index (χ3n) is 4.95. The maximum Gasteiger partial charge on any atom is 0.0338 e. The number of hydrogen-bond donors (Lipinski definition) is 1. The van der Waals surface area contributed by atoms with E-state index in [0.29, 0.717) is 5.54 Å². The lowest BCUT2D eigenvalue weighted by molar-refractivity contribution is 0.00519. The van der Waals surface area contributed by atoms with E-state index < -0.39 is 0 Å². The largest absolute Gasteiger partial charge is 0.309 e. The quantitative estimate of drug-likeness (QED) is 0.902. The summed E-state index contributed by atoms with van der Waals surface area (Å²) in [4.78, 5) is 2.71. The van der Waals surface area contributed by atoms with Crippen LogP contribution in [0.3, 0.4) is 0 Å². The number of hydrogen-bond acceptors (Lipinski definition) is 2. The smallest absolute Gasteiger partial charge is 0.0338 e. The van der Waals surface area contributed by atoms with Gasteiger partial charge in [0.05, 0.1) is 0 Å². The van der Waals surface area contributed by atoms with Gasteiger partial charge in [0.2, 0.25) is 0 Å². The predicted octanol–water partition coefficient (Wildman–Crippen LogP) is 3.80. The van der Waals surface area contributed by atoms with E-state index in [1.165, 1.54) is 22.9 Å². The molecule has 20 heavy (non-hydrogen) atoms. The molecule has 1 saturated carbocycles. The SMILES string of the molecule is CC1(C)CN(Cc2cccc(Br)c2)C(C)(C2CC2)CN1. The highest BCUT2D eigenvalue weighted by Crippen LogP contribution is 2.45. The zero-order valence-corrected chi connectivity index (χ0v) is 14.3. The first-order valence-electron chi connectivity index (χ1n) is 7.64. The van der Waals surface area contributed by atoms with Crippen molar-refractivity contribution in [2.75, 3.05) is 13.1 Å². The molecular formula is C17H25BrN2. The van der Waals surface area contributed by atoms with Crippen LogP contribution in [-0.2, 0) is 6.54 Å². The molecule has 110 valence electrons. The molecular weight excluding hydrogens is 312 g/mol.